The molecular formula is C27H37N3O. The quantitative estimate of drug-likeness (QED) is 0.643. The van der Waals surface area contributed by atoms with E-state index in [-0.39, 0.29) is 0 Å². The molecule has 0 saturated carbocycles. The summed E-state index contributed by atoms with van der Waals surface area (Å²) in [5.74, 6) is 1.80. The highest BCUT2D eigenvalue weighted by Gasteiger charge is 2.25. The van der Waals surface area contributed by atoms with Crippen LogP contribution in [0.4, 0.5) is 0 Å². The number of carbonyl (C=O) groups is 1. The molecule has 2 saturated heterocycles. The Morgan fingerprint density at radius 2 is 1.61 bits per heavy atom. The summed E-state index contributed by atoms with van der Waals surface area (Å²) in [6, 6.07) is 17.0. The number of piperidine rings is 2. The van der Waals surface area contributed by atoms with Crippen molar-refractivity contribution < 1.29 is 4.79 Å². The lowest BCUT2D eigenvalue weighted by Gasteiger charge is -2.34. The van der Waals surface area contributed by atoms with Crippen molar-refractivity contribution in [2.24, 2.45) is 11.8 Å². The van der Waals surface area contributed by atoms with Crippen LogP contribution in [0.15, 0.2) is 48.5 Å². The number of rotatable bonds is 7. The summed E-state index contributed by atoms with van der Waals surface area (Å²) in [6.07, 6.45) is 7.64. The third kappa shape index (κ3) is 6.64. The van der Waals surface area contributed by atoms with Gasteiger partial charge in [-0.25, -0.2) is 0 Å². The average Bonchev–Trinajstić information content (AvgIpc) is 2.80. The zero-order valence-corrected chi connectivity index (χ0v) is 19.0. The standard InChI is InChI=1S/C27H37N3O/c1-22-6-5-9-26(28-22)21-29-16-12-23(13-17-29)10-11-27(31)30-18-14-25(15-19-30)20-24-7-3-2-4-8-24/h2-9,23,25H,10-21H2,1H3. The third-order valence-corrected chi connectivity index (χ3v) is 7.14. The van der Waals surface area contributed by atoms with Crippen LogP contribution in [0.5, 0.6) is 0 Å². The molecule has 2 aromatic rings. The predicted molar refractivity (Wildman–Crippen MR) is 126 cm³/mol. The average molecular weight is 420 g/mol. The van der Waals surface area contributed by atoms with Crippen LogP contribution in [-0.4, -0.2) is 46.9 Å². The van der Waals surface area contributed by atoms with Gasteiger partial charge < -0.3 is 4.90 Å². The largest absolute Gasteiger partial charge is 0.343 e. The van der Waals surface area contributed by atoms with Crippen molar-refractivity contribution >= 4 is 5.91 Å². The van der Waals surface area contributed by atoms with E-state index in [9.17, 15) is 4.79 Å². The highest BCUT2D eigenvalue weighted by atomic mass is 16.2. The lowest BCUT2D eigenvalue weighted by Crippen LogP contribution is -2.39. The lowest BCUT2D eigenvalue weighted by molar-refractivity contribution is -0.133. The summed E-state index contributed by atoms with van der Waals surface area (Å²) >= 11 is 0. The van der Waals surface area contributed by atoms with Crippen molar-refractivity contribution in [3.05, 3.63) is 65.5 Å². The monoisotopic (exact) mass is 419 g/mol. The highest BCUT2D eigenvalue weighted by molar-refractivity contribution is 5.76. The number of amides is 1. The molecule has 1 aromatic heterocycles. The van der Waals surface area contributed by atoms with Gasteiger partial charge in [0.15, 0.2) is 0 Å². The van der Waals surface area contributed by atoms with E-state index in [0.29, 0.717) is 11.8 Å². The molecule has 3 heterocycles. The summed E-state index contributed by atoms with van der Waals surface area (Å²) < 4.78 is 0. The molecule has 0 N–H and O–H groups in total. The maximum Gasteiger partial charge on any atom is 0.222 e. The second-order valence-corrected chi connectivity index (χ2v) is 9.54. The number of hydrogen-bond acceptors (Lipinski definition) is 3. The van der Waals surface area contributed by atoms with Gasteiger partial charge >= 0.3 is 0 Å². The van der Waals surface area contributed by atoms with E-state index in [0.717, 1.165) is 76.4 Å². The number of benzene rings is 1. The summed E-state index contributed by atoms with van der Waals surface area (Å²) in [7, 11) is 0. The molecule has 0 aliphatic carbocycles. The van der Waals surface area contributed by atoms with E-state index in [1.165, 1.54) is 24.1 Å². The SMILES string of the molecule is Cc1cccc(CN2CCC(CCC(=O)N3CCC(Cc4ccccc4)CC3)CC2)n1. The summed E-state index contributed by atoms with van der Waals surface area (Å²) in [5.41, 5.74) is 3.69. The molecule has 31 heavy (non-hydrogen) atoms. The summed E-state index contributed by atoms with van der Waals surface area (Å²) in [6.45, 7) is 7.14. The van der Waals surface area contributed by atoms with Gasteiger partial charge in [-0.2, -0.15) is 0 Å². The van der Waals surface area contributed by atoms with Gasteiger partial charge in [-0.3, -0.25) is 14.7 Å². The Kier molecular flexibility index (Phi) is 7.74. The Hall–Kier alpha value is -2.20. The first-order valence-electron chi connectivity index (χ1n) is 12.1. The molecular weight excluding hydrogens is 382 g/mol. The predicted octanol–water partition coefficient (Wildman–Crippen LogP) is 4.86. The van der Waals surface area contributed by atoms with Gasteiger partial charge in [0, 0.05) is 31.7 Å². The fraction of sp³-hybridized carbons (Fsp3) is 0.556. The Morgan fingerprint density at radius 3 is 2.32 bits per heavy atom. The first-order chi connectivity index (χ1) is 15.2. The number of hydrogen-bond donors (Lipinski definition) is 0. The molecule has 4 heteroatoms. The maximum atomic E-state index is 12.8. The maximum absolute atomic E-state index is 12.8. The number of aromatic nitrogens is 1. The van der Waals surface area contributed by atoms with Crippen molar-refractivity contribution in [3.63, 3.8) is 0 Å². The van der Waals surface area contributed by atoms with Crippen molar-refractivity contribution in [1.29, 1.82) is 0 Å². The van der Waals surface area contributed by atoms with Crippen molar-refractivity contribution in [2.75, 3.05) is 26.2 Å². The molecule has 0 atom stereocenters. The molecule has 2 fully saturated rings. The van der Waals surface area contributed by atoms with Gasteiger partial charge in [0.05, 0.1) is 5.69 Å². The summed E-state index contributed by atoms with van der Waals surface area (Å²) in [4.78, 5) is 22.0. The number of likely N-dealkylation sites (tertiary alicyclic amines) is 2. The van der Waals surface area contributed by atoms with Gasteiger partial charge in [0.2, 0.25) is 5.91 Å². The van der Waals surface area contributed by atoms with Crippen LogP contribution in [0.1, 0.15) is 55.5 Å². The first kappa shape index (κ1) is 22.0. The van der Waals surface area contributed by atoms with Gasteiger partial charge in [0.25, 0.3) is 0 Å². The number of pyridine rings is 1. The second-order valence-electron chi connectivity index (χ2n) is 9.54. The molecule has 0 unspecified atom stereocenters. The number of aryl methyl sites for hydroxylation is 1. The third-order valence-electron chi connectivity index (χ3n) is 7.14. The lowest BCUT2D eigenvalue weighted by atomic mass is 9.89. The van der Waals surface area contributed by atoms with Gasteiger partial charge in [-0.15, -0.1) is 0 Å². The van der Waals surface area contributed by atoms with Crippen LogP contribution >= 0.6 is 0 Å². The topological polar surface area (TPSA) is 36.4 Å². The van der Waals surface area contributed by atoms with E-state index in [2.05, 4.69) is 70.2 Å². The van der Waals surface area contributed by atoms with Gasteiger partial charge in [0.1, 0.15) is 0 Å². The van der Waals surface area contributed by atoms with Crippen LogP contribution in [0.25, 0.3) is 0 Å². The molecule has 4 rings (SSSR count). The van der Waals surface area contributed by atoms with Crippen LogP contribution in [0.2, 0.25) is 0 Å². The van der Waals surface area contributed by atoms with Crippen molar-refractivity contribution in [2.45, 2.75) is 58.4 Å². The molecule has 0 bridgehead atoms. The fourth-order valence-corrected chi connectivity index (χ4v) is 5.17. The highest BCUT2D eigenvalue weighted by Crippen LogP contribution is 2.25. The number of carbonyl (C=O) groups excluding carboxylic acids is 1. The Balaban J connectivity index is 1.12. The van der Waals surface area contributed by atoms with E-state index in [4.69, 9.17) is 0 Å². The molecule has 1 amide bonds. The Labute approximate surface area is 187 Å². The second kappa shape index (κ2) is 10.9. The number of nitrogens with zero attached hydrogens (tertiary/aromatic N) is 3. The van der Waals surface area contributed by atoms with Crippen LogP contribution < -0.4 is 0 Å². The zero-order chi connectivity index (χ0) is 21.5. The van der Waals surface area contributed by atoms with E-state index >= 15 is 0 Å². The minimum atomic E-state index is 0.379. The van der Waals surface area contributed by atoms with Crippen molar-refractivity contribution in [3.8, 4) is 0 Å². The minimum Gasteiger partial charge on any atom is -0.343 e. The molecule has 0 spiro atoms. The van der Waals surface area contributed by atoms with Crippen LogP contribution in [-0.2, 0) is 17.8 Å². The van der Waals surface area contributed by atoms with Crippen LogP contribution in [0, 0.1) is 18.8 Å². The molecule has 1 aromatic carbocycles. The van der Waals surface area contributed by atoms with Gasteiger partial charge in [-0.1, -0.05) is 36.4 Å². The smallest absolute Gasteiger partial charge is 0.222 e. The normalized spacial score (nSPS) is 18.9. The molecule has 166 valence electrons. The fourth-order valence-electron chi connectivity index (χ4n) is 5.17. The van der Waals surface area contributed by atoms with Crippen LogP contribution in [0.3, 0.4) is 0 Å². The first-order valence-corrected chi connectivity index (χ1v) is 12.1. The molecule has 0 radical (unpaired) electrons. The molecule has 2 aliphatic heterocycles. The van der Waals surface area contributed by atoms with E-state index < -0.39 is 0 Å². The Bertz CT molecular complexity index is 821. The van der Waals surface area contributed by atoms with Gasteiger partial charge in [-0.05, 0) is 88.1 Å². The molecule has 4 nitrogen and oxygen atoms in total. The van der Waals surface area contributed by atoms with Crippen molar-refractivity contribution in [1.82, 2.24) is 14.8 Å². The van der Waals surface area contributed by atoms with E-state index in [1.807, 2.05) is 0 Å². The molecule has 2 aliphatic rings. The summed E-state index contributed by atoms with van der Waals surface area (Å²) in [5, 5.41) is 0. The van der Waals surface area contributed by atoms with E-state index in [1.54, 1.807) is 0 Å². The zero-order valence-electron chi connectivity index (χ0n) is 19.0. The minimum absolute atomic E-state index is 0.379. The Morgan fingerprint density at radius 1 is 0.903 bits per heavy atom.